The number of fused-ring (bicyclic) bond motifs is 1. The van der Waals surface area contributed by atoms with Gasteiger partial charge in [0.1, 0.15) is 46.5 Å². The maximum absolute atomic E-state index is 14.3. The fourth-order valence-electron chi connectivity index (χ4n) is 5.36. The fourth-order valence-corrected chi connectivity index (χ4v) is 5.83. The van der Waals surface area contributed by atoms with Gasteiger partial charge in [-0.3, -0.25) is 0 Å². The van der Waals surface area contributed by atoms with Gasteiger partial charge in [0.05, 0.1) is 29.6 Å². The molecule has 5 aromatic rings. The van der Waals surface area contributed by atoms with Crippen LogP contribution in [0.25, 0.3) is 16.9 Å². The van der Waals surface area contributed by atoms with Crippen LogP contribution in [0, 0.1) is 25.0 Å². The zero-order chi connectivity index (χ0) is 30.5. The van der Waals surface area contributed by atoms with Crippen LogP contribution in [0.5, 0.6) is 0 Å². The number of aromatic nitrogens is 6. The summed E-state index contributed by atoms with van der Waals surface area (Å²) in [6, 6.07) is 16.2. The lowest BCUT2D eigenvalue weighted by Crippen LogP contribution is -2.51. The van der Waals surface area contributed by atoms with Crippen LogP contribution in [0.1, 0.15) is 35.6 Å². The van der Waals surface area contributed by atoms with Crippen molar-refractivity contribution in [3.05, 3.63) is 117 Å². The molecule has 9 nitrogen and oxygen atoms in total. The summed E-state index contributed by atoms with van der Waals surface area (Å²) in [5.41, 5.74) is 1.78. The fraction of sp³-hybridized carbons (Fsp3) is 0.233. The SMILES string of the molecule is Cc1nc([C@@H]2[CH][C@H](n3cc(-c4cc(F)c(Cl)c(F)c4)nn3)[C@H]3O[C@@H](c4ccccc4)OC[C@H]3O2)n(-c2cc(Cl)ccc2Cl)n1. The Morgan fingerprint density at radius 2 is 1.73 bits per heavy atom. The van der Waals surface area contributed by atoms with Gasteiger partial charge in [-0.05, 0) is 37.3 Å². The predicted molar refractivity (Wildman–Crippen MR) is 157 cm³/mol. The highest BCUT2D eigenvalue weighted by atomic mass is 35.5. The van der Waals surface area contributed by atoms with Gasteiger partial charge in [0.25, 0.3) is 0 Å². The van der Waals surface area contributed by atoms with Gasteiger partial charge < -0.3 is 14.2 Å². The number of aryl methyl sites for hydroxylation is 1. The highest BCUT2D eigenvalue weighted by molar-refractivity contribution is 6.34. The summed E-state index contributed by atoms with van der Waals surface area (Å²) in [6.07, 6.45) is 0.930. The van der Waals surface area contributed by atoms with Crippen LogP contribution in [0.2, 0.25) is 15.1 Å². The normalized spacial score (nSPS) is 23.5. The molecule has 1 radical (unpaired) electrons. The highest BCUT2D eigenvalue weighted by Gasteiger charge is 2.47. The quantitative estimate of drug-likeness (QED) is 0.187. The van der Waals surface area contributed by atoms with Crippen LogP contribution in [-0.4, -0.2) is 48.6 Å². The van der Waals surface area contributed by atoms with Gasteiger partial charge in [0.2, 0.25) is 0 Å². The van der Waals surface area contributed by atoms with Crippen molar-refractivity contribution in [1.82, 2.24) is 29.8 Å². The Hall–Kier alpha value is -3.45. The van der Waals surface area contributed by atoms with Crippen molar-refractivity contribution in [2.75, 3.05) is 6.61 Å². The van der Waals surface area contributed by atoms with E-state index in [4.69, 9.17) is 49.0 Å². The van der Waals surface area contributed by atoms with Crippen molar-refractivity contribution in [2.45, 2.75) is 37.6 Å². The predicted octanol–water partition coefficient (Wildman–Crippen LogP) is 7.07. The van der Waals surface area contributed by atoms with Crippen LogP contribution < -0.4 is 0 Å². The molecular weight excluding hydrogens is 637 g/mol. The molecule has 0 N–H and O–H groups in total. The lowest BCUT2D eigenvalue weighted by Gasteiger charge is -2.45. The molecule has 0 spiro atoms. The minimum absolute atomic E-state index is 0.178. The summed E-state index contributed by atoms with van der Waals surface area (Å²) < 4.78 is 50.8. The maximum Gasteiger partial charge on any atom is 0.184 e. The molecule has 2 aliphatic rings. The zero-order valence-electron chi connectivity index (χ0n) is 22.8. The topological polar surface area (TPSA) is 89.1 Å². The van der Waals surface area contributed by atoms with E-state index in [0.29, 0.717) is 27.4 Å². The van der Waals surface area contributed by atoms with E-state index in [2.05, 4.69) is 20.4 Å². The first-order valence-corrected chi connectivity index (χ1v) is 14.7. The van der Waals surface area contributed by atoms with Crippen LogP contribution in [0.4, 0.5) is 8.78 Å². The van der Waals surface area contributed by atoms with Crippen molar-refractivity contribution in [3.8, 4) is 16.9 Å². The van der Waals surface area contributed by atoms with Gasteiger partial charge in [-0.25, -0.2) is 23.1 Å². The Balaban J connectivity index is 1.27. The summed E-state index contributed by atoms with van der Waals surface area (Å²) in [5, 5.41) is 13.4. The molecular formula is C30H22Cl3F2N6O3. The third kappa shape index (κ3) is 5.48. The van der Waals surface area contributed by atoms with Gasteiger partial charge in [0, 0.05) is 22.6 Å². The summed E-state index contributed by atoms with van der Waals surface area (Å²) >= 11 is 18.5. The molecule has 2 saturated heterocycles. The number of ether oxygens (including phenoxy) is 3. The highest BCUT2D eigenvalue weighted by Crippen LogP contribution is 2.43. The van der Waals surface area contributed by atoms with Gasteiger partial charge in [-0.15, -0.1) is 5.10 Å². The molecule has 4 heterocycles. The molecule has 7 rings (SSSR count). The third-order valence-corrected chi connectivity index (χ3v) is 8.30. The molecule has 3 aromatic carbocycles. The van der Waals surface area contributed by atoms with E-state index in [0.717, 1.165) is 17.7 Å². The van der Waals surface area contributed by atoms with Crippen molar-refractivity contribution < 1.29 is 23.0 Å². The van der Waals surface area contributed by atoms with E-state index < -0.39 is 47.3 Å². The first kappa shape index (κ1) is 29.3. The van der Waals surface area contributed by atoms with E-state index >= 15 is 0 Å². The second kappa shape index (κ2) is 11.8. The smallest absolute Gasteiger partial charge is 0.184 e. The Morgan fingerprint density at radius 1 is 0.955 bits per heavy atom. The van der Waals surface area contributed by atoms with E-state index in [1.54, 1.807) is 40.7 Å². The molecule has 5 atom stereocenters. The first-order valence-electron chi connectivity index (χ1n) is 13.5. The van der Waals surface area contributed by atoms with E-state index in [1.807, 2.05) is 36.8 Å². The zero-order valence-corrected chi connectivity index (χ0v) is 25.1. The summed E-state index contributed by atoms with van der Waals surface area (Å²) in [6.45, 7) is 1.96. The second-order valence-electron chi connectivity index (χ2n) is 10.3. The Labute approximate surface area is 265 Å². The van der Waals surface area contributed by atoms with Gasteiger partial charge >= 0.3 is 0 Å². The Bertz CT molecular complexity index is 1820. The van der Waals surface area contributed by atoms with E-state index in [1.165, 1.54) is 0 Å². The van der Waals surface area contributed by atoms with Crippen molar-refractivity contribution in [3.63, 3.8) is 0 Å². The molecule has 2 aromatic heterocycles. The maximum atomic E-state index is 14.3. The second-order valence-corrected chi connectivity index (χ2v) is 11.5. The molecule has 0 saturated carbocycles. The van der Waals surface area contributed by atoms with E-state index in [9.17, 15) is 8.78 Å². The van der Waals surface area contributed by atoms with Crippen LogP contribution in [-0.2, 0) is 14.2 Å². The number of halogens is 5. The Morgan fingerprint density at radius 3 is 2.50 bits per heavy atom. The lowest BCUT2D eigenvalue weighted by atomic mass is 9.93. The minimum Gasteiger partial charge on any atom is -0.361 e. The molecule has 0 aliphatic carbocycles. The largest absolute Gasteiger partial charge is 0.361 e. The number of hydrogen-bond donors (Lipinski definition) is 0. The first-order chi connectivity index (χ1) is 21.2. The molecule has 0 amide bonds. The lowest BCUT2D eigenvalue weighted by molar-refractivity contribution is -0.292. The minimum atomic E-state index is -0.901. The van der Waals surface area contributed by atoms with Crippen molar-refractivity contribution in [1.29, 1.82) is 0 Å². The summed E-state index contributed by atoms with van der Waals surface area (Å²) in [7, 11) is 0. The molecule has 44 heavy (non-hydrogen) atoms. The molecule has 0 unspecified atom stereocenters. The molecule has 14 heteroatoms. The number of hydrogen-bond acceptors (Lipinski definition) is 7. The Kier molecular flexibility index (Phi) is 7.86. The van der Waals surface area contributed by atoms with Gasteiger partial charge in [0.15, 0.2) is 12.1 Å². The number of nitrogens with zero attached hydrogens (tertiary/aromatic N) is 6. The third-order valence-electron chi connectivity index (χ3n) is 7.39. The van der Waals surface area contributed by atoms with E-state index in [-0.39, 0.29) is 17.9 Å². The molecule has 2 aliphatic heterocycles. The molecule has 225 valence electrons. The standard InChI is InChI=1S/C30H22Cl3F2N6O3/c1-15-36-29(41(38-15)23-11-18(31)7-8-19(23)32)25-12-24(28-26(43-25)14-42-30(44-28)16-5-3-2-4-6-16)40-13-22(37-39-40)17-9-20(34)27(33)21(35)10-17/h2-13,24-26,28,30H,14H2,1H3/t24-,25-,26+,28+,30-/m0/s1. The number of rotatable bonds is 5. The van der Waals surface area contributed by atoms with Crippen LogP contribution in [0.15, 0.2) is 66.9 Å². The summed E-state index contributed by atoms with van der Waals surface area (Å²) in [5.74, 6) is -0.868. The van der Waals surface area contributed by atoms with Gasteiger partial charge in [-0.1, -0.05) is 70.3 Å². The summed E-state index contributed by atoms with van der Waals surface area (Å²) in [4.78, 5) is 4.66. The average molecular weight is 659 g/mol. The molecule has 0 bridgehead atoms. The van der Waals surface area contributed by atoms with Gasteiger partial charge in [-0.2, -0.15) is 5.10 Å². The number of benzene rings is 3. The van der Waals surface area contributed by atoms with Crippen LogP contribution >= 0.6 is 34.8 Å². The van der Waals surface area contributed by atoms with Crippen LogP contribution in [0.3, 0.4) is 0 Å². The van der Waals surface area contributed by atoms with Crippen molar-refractivity contribution in [2.24, 2.45) is 0 Å². The molecule has 2 fully saturated rings. The monoisotopic (exact) mass is 657 g/mol. The van der Waals surface area contributed by atoms with Crippen molar-refractivity contribution >= 4 is 34.8 Å². The average Bonchev–Trinajstić information content (AvgIpc) is 3.68.